The number of nitrogens with zero attached hydrogens (tertiary/aromatic N) is 1. The minimum absolute atomic E-state index is 0.00412. The topological polar surface area (TPSA) is 38.5 Å². The molecule has 1 aliphatic heterocycles. The molecule has 1 atom stereocenters. The lowest BCUT2D eigenvalue weighted by molar-refractivity contribution is 0.124. The Morgan fingerprint density at radius 3 is 2.42 bits per heavy atom. The van der Waals surface area contributed by atoms with Gasteiger partial charge < -0.3 is 10.5 Å². The molecule has 19 heavy (non-hydrogen) atoms. The first kappa shape index (κ1) is 14.4. The van der Waals surface area contributed by atoms with E-state index < -0.39 is 0 Å². The fourth-order valence-electron chi connectivity index (χ4n) is 2.99. The van der Waals surface area contributed by atoms with Gasteiger partial charge >= 0.3 is 0 Å². The van der Waals surface area contributed by atoms with Gasteiger partial charge in [0.1, 0.15) is 5.75 Å². The van der Waals surface area contributed by atoms with E-state index in [9.17, 15) is 0 Å². The van der Waals surface area contributed by atoms with Crippen LogP contribution in [0, 0.1) is 6.92 Å². The zero-order chi connectivity index (χ0) is 14.0. The number of hydrogen-bond acceptors (Lipinski definition) is 3. The van der Waals surface area contributed by atoms with Crippen LogP contribution < -0.4 is 10.5 Å². The van der Waals surface area contributed by atoms with E-state index in [2.05, 4.69) is 37.8 Å². The third-order valence-electron chi connectivity index (χ3n) is 4.49. The number of rotatable bonds is 4. The summed E-state index contributed by atoms with van der Waals surface area (Å²) in [6, 6.07) is 6.20. The third kappa shape index (κ3) is 2.77. The zero-order valence-corrected chi connectivity index (χ0v) is 12.6. The molecule has 1 fully saturated rings. The van der Waals surface area contributed by atoms with E-state index in [-0.39, 0.29) is 11.6 Å². The molecule has 2 N–H and O–H groups in total. The Bertz CT molecular complexity index is 436. The standard InChI is InChI=1S/C16H26N2O/c1-12-11-13(19-4)7-8-14(12)15(17)16(2,3)18-9-5-6-10-18/h7-8,11,15H,5-6,9-10,17H2,1-4H3. The molecule has 1 aromatic carbocycles. The van der Waals surface area contributed by atoms with Crippen LogP contribution in [0.2, 0.25) is 0 Å². The van der Waals surface area contributed by atoms with E-state index >= 15 is 0 Å². The Morgan fingerprint density at radius 1 is 1.26 bits per heavy atom. The largest absolute Gasteiger partial charge is 0.497 e. The van der Waals surface area contributed by atoms with Crippen molar-refractivity contribution in [3.05, 3.63) is 29.3 Å². The van der Waals surface area contributed by atoms with Gasteiger partial charge in [0, 0.05) is 11.6 Å². The van der Waals surface area contributed by atoms with Crippen molar-refractivity contribution in [1.82, 2.24) is 4.90 Å². The van der Waals surface area contributed by atoms with Gasteiger partial charge in [0.15, 0.2) is 0 Å². The molecule has 1 unspecified atom stereocenters. The maximum Gasteiger partial charge on any atom is 0.119 e. The first-order valence-corrected chi connectivity index (χ1v) is 7.12. The number of aryl methyl sites for hydroxylation is 1. The summed E-state index contributed by atoms with van der Waals surface area (Å²) in [5.74, 6) is 0.896. The summed E-state index contributed by atoms with van der Waals surface area (Å²) >= 11 is 0. The van der Waals surface area contributed by atoms with Crippen LogP contribution in [-0.2, 0) is 0 Å². The molecular formula is C16H26N2O. The summed E-state index contributed by atoms with van der Waals surface area (Å²) in [5.41, 5.74) is 8.99. The van der Waals surface area contributed by atoms with E-state index in [0.29, 0.717) is 0 Å². The normalized spacial score (nSPS) is 18.6. The Balaban J connectivity index is 2.25. The average Bonchev–Trinajstić information content (AvgIpc) is 2.92. The molecule has 1 aliphatic rings. The molecule has 3 heteroatoms. The van der Waals surface area contributed by atoms with Crippen LogP contribution in [0.5, 0.6) is 5.75 Å². The van der Waals surface area contributed by atoms with Gasteiger partial charge in [-0.15, -0.1) is 0 Å². The van der Waals surface area contributed by atoms with Gasteiger partial charge in [-0.1, -0.05) is 6.07 Å². The Morgan fingerprint density at radius 2 is 1.89 bits per heavy atom. The minimum Gasteiger partial charge on any atom is -0.497 e. The summed E-state index contributed by atoms with van der Waals surface area (Å²) in [6.07, 6.45) is 2.58. The maximum atomic E-state index is 6.56. The lowest BCUT2D eigenvalue weighted by atomic mass is 9.85. The van der Waals surface area contributed by atoms with Crippen molar-refractivity contribution in [3.8, 4) is 5.75 Å². The quantitative estimate of drug-likeness (QED) is 0.906. The Labute approximate surface area is 116 Å². The second-order valence-corrected chi connectivity index (χ2v) is 6.05. The van der Waals surface area contributed by atoms with Crippen molar-refractivity contribution < 1.29 is 4.74 Å². The van der Waals surface area contributed by atoms with Crippen LogP contribution in [0.15, 0.2) is 18.2 Å². The van der Waals surface area contributed by atoms with Gasteiger partial charge in [0.05, 0.1) is 7.11 Å². The highest BCUT2D eigenvalue weighted by molar-refractivity contribution is 5.37. The molecule has 0 amide bonds. The number of nitrogens with two attached hydrogens (primary N) is 1. The van der Waals surface area contributed by atoms with Crippen molar-refractivity contribution in [2.75, 3.05) is 20.2 Å². The zero-order valence-electron chi connectivity index (χ0n) is 12.6. The first-order chi connectivity index (χ1) is 8.96. The van der Waals surface area contributed by atoms with Gasteiger partial charge in [0.25, 0.3) is 0 Å². The van der Waals surface area contributed by atoms with Gasteiger partial charge in [-0.05, 0) is 70.0 Å². The molecule has 106 valence electrons. The van der Waals surface area contributed by atoms with E-state index in [1.165, 1.54) is 24.0 Å². The summed E-state index contributed by atoms with van der Waals surface area (Å²) < 4.78 is 5.26. The van der Waals surface area contributed by atoms with Gasteiger partial charge in [0.2, 0.25) is 0 Å². The second-order valence-electron chi connectivity index (χ2n) is 6.05. The number of ether oxygens (including phenoxy) is 1. The predicted octanol–water partition coefficient (Wildman–Crippen LogP) is 2.88. The highest BCUT2D eigenvalue weighted by Crippen LogP contribution is 2.34. The van der Waals surface area contributed by atoms with Crippen molar-refractivity contribution >= 4 is 0 Å². The van der Waals surface area contributed by atoms with Gasteiger partial charge in [-0.3, -0.25) is 4.90 Å². The molecule has 3 nitrogen and oxygen atoms in total. The van der Waals surface area contributed by atoms with Crippen LogP contribution in [-0.4, -0.2) is 30.6 Å². The fourth-order valence-corrected chi connectivity index (χ4v) is 2.99. The maximum absolute atomic E-state index is 6.56. The molecule has 0 radical (unpaired) electrons. The highest BCUT2D eigenvalue weighted by Gasteiger charge is 2.36. The van der Waals surface area contributed by atoms with Crippen LogP contribution in [0.3, 0.4) is 0 Å². The number of hydrogen-bond donors (Lipinski definition) is 1. The molecule has 1 heterocycles. The SMILES string of the molecule is COc1ccc(C(N)C(C)(C)N2CCCC2)c(C)c1. The fraction of sp³-hybridized carbons (Fsp3) is 0.625. The summed E-state index contributed by atoms with van der Waals surface area (Å²) in [4.78, 5) is 2.52. The number of methoxy groups -OCH3 is 1. The van der Waals surface area contributed by atoms with Gasteiger partial charge in [-0.2, -0.15) is 0 Å². The predicted molar refractivity (Wildman–Crippen MR) is 79.5 cm³/mol. The molecule has 1 saturated heterocycles. The third-order valence-corrected chi connectivity index (χ3v) is 4.49. The van der Waals surface area contributed by atoms with E-state index in [0.717, 1.165) is 18.8 Å². The lowest BCUT2D eigenvalue weighted by Crippen LogP contribution is -2.50. The molecule has 0 spiro atoms. The monoisotopic (exact) mass is 262 g/mol. The summed E-state index contributed by atoms with van der Waals surface area (Å²) in [6.45, 7) is 8.95. The lowest BCUT2D eigenvalue weighted by Gasteiger charge is -2.41. The Hall–Kier alpha value is -1.06. The summed E-state index contributed by atoms with van der Waals surface area (Å²) in [5, 5.41) is 0. The molecular weight excluding hydrogens is 236 g/mol. The molecule has 0 saturated carbocycles. The number of benzene rings is 1. The smallest absolute Gasteiger partial charge is 0.119 e. The van der Waals surface area contributed by atoms with E-state index in [1.54, 1.807) is 7.11 Å². The number of likely N-dealkylation sites (tertiary alicyclic amines) is 1. The average molecular weight is 262 g/mol. The van der Waals surface area contributed by atoms with Crippen molar-refractivity contribution in [2.45, 2.75) is 45.2 Å². The minimum atomic E-state index is -0.00412. The van der Waals surface area contributed by atoms with Crippen molar-refractivity contribution in [2.24, 2.45) is 5.73 Å². The van der Waals surface area contributed by atoms with Crippen LogP contribution in [0.25, 0.3) is 0 Å². The second kappa shape index (κ2) is 5.51. The van der Waals surface area contributed by atoms with E-state index in [1.807, 2.05) is 6.07 Å². The first-order valence-electron chi connectivity index (χ1n) is 7.12. The van der Waals surface area contributed by atoms with Gasteiger partial charge in [-0.25, -0.2) is 0 Å². The van der Waals surface area contributed by atoms with Crippen molar-refractivity contribution in [1.29, 1.82) is 0 Å². The summed E-state index contributed by atoms with van der Waals surface area (Å²) in [7, 11) is 1.70. The van der Waals surface area contributed by atoms with Crippen molar-refractivity contribution in [3.63, 3.8) is 0 Å². The highest BCUT2D eigenvalue weighted by atomic mass is 16.5. The van der Waals surface area contributed by atoms with E-state index in [4.69, 9.17) is 10.5 Å². The van der Waals surface area contributed by atoms with Crippen LogP contribution in [0.4, 0.5) is 0 Å². The molecule has 1 aromatic rings. The molecule has 0 bridgehead atoms. The van der Waals surface area contributed by atoms with Crippen LogP contribution >= 0.6 is 0 Å². The molecule has 0 aliphatic carbocycles. The van der Waals surface area contributed by atoms with Crippen LogP contribution in [0.1, 0.15) is 43.9 Å². The Kier molecular flexibility index (Phi) is 4.16. The molecule has 2 rings (SSSR count). The molecule has 0 aromatic heterocycles.